The lowest BCUT2D eigenvalue weighted by Gasteiger charge is -2.34. The van der Waals surface area contributed by atoms with E-state index in [9.17, 15) is 4.79 Å². The van der Waals surface area contributed by atoms with Crippen LogP contribution in [0.4, 0.5) is 0 Å². The molecule has 2 atom stereocenters. The first-order valence-electron chi connectivity index (χ1n) is 7.70. The van der Waals surface area contributed by atoms with Crippen molar-refractivity contribution in [2.45, 2.75) is 51.6 Å². The summed E-state index contributed by atoms with van der Waals surface area (Å²) in [4.78, 5) is 14.6. The summed E-state index contributed by atoms with van der Waals surface area (Å²) in [5.41, 5.74) is 2.81. The molecule has 21 heavy (non-hydrogen) atoms. The Kier molecular flexibility index (Phi) is 5.27. The minimum absolute atomic E-state index is 0. The van der Waals surface area contributed by atoms with Gasteiger partial charge < -0.3 is 10.2 Å². The van der Waals surface area contributed by atoms with Crippen molar-refractivity contribution in [3.63, 3.8) is 0 Å². The number of hydrogen-bond acceptors (Lipinski definition) is 3. The van der Waals surface area contributed by atoms with Crippen LogP contribution in [0.25, 0.3) is 0 Å². The highest BCUT2D eigenvalue weighted by atomic mass is 35.5. The van der Waals surface area contributed by atoms with Gasteiger partial charge in [-0.1, -0.05) is 19.8 Å². The van der Waals surface area contributed by atoms with E-state index in [0.717, 1.165) is 49.5 Å². The Morgan fingerprint density at radius 3 is 2.95 bits per heavy atom. The minimum atomic E-state index is 0. The summed E-state index contributed by atoms with van der Waals surface area (Å²) in [5.74, 6) is 0.795. The van der Waals surface area contributed by atoms with Gasteiger partial charge in [-0.15, -0.1) is 12.4 Å². The van der Waals surface area contributed by atoms with Gasteiger partial charge in [0.05, 0.1) is 0 Å². The number of halogens is 1. The minimum Gasteiger partial charge on any atom is -0.337 e. The molecule has 0 radical (unpaired) electrons. The lowest BCUT2D eigenvalue weighted by atomic mass is 9.86. The number of aromatic amines is 1. The van der Waals surface area contributed by atoms with Gasteiger partial charge in [0.2, 0.25) is 0 Å². The van der Waals surface area contributed by atoms with Crippen molar-refractivity contribution in [2.24, 2.45) is 5.92 Å². The summed E-state index contributed by atoms with van der Waals surface area (Å²) in [5, 5.41) is 10.6. The molecule has 0 aromatic carbocycles. The van der Waals surface area contributed by atoms with E-state index in [1.54, 1.807) is 0 Å². The maximum Gasteiger partial charge on any atom is 0.274 e. The van der Waals surface area contributed by atoms with Gasteiger partial charge >= 0.3 is 0 Å². The van der Waals surface area contributed by atoms with Gasteiger partial charge in [0, 0.05) is 43.9 Å². The van der Waals surface area contributed by atoms with Gasteiger partial charge in [0.15, 0.2) is 5.69 Å². The fraction of sp³-hybridized carbons (Fsp3) is 0.733. The van der Waals surface area contributed by atoms with Gasteiger partial charge in [-0.3, -0.25) is 9.89 Å². The quantitative estimate of drug-likeness (QED) is 0.879. The number of rotatable bonds is 2. The van der Waals surface area contributed by atoms with Gasteiger partial charge in [-0.05, 0) is 18.8 Å². The number of nitrogens with one attached hydrogen (secondary N) is 2. The SMILES string of the molecule is CC1CCCC(N(C)C(=O)c2n[nH]c3c2CNCC3)C1.Cl. The molecule has 118 valence electrons. The first-order chi connectivity index (χ1) is 9.66. The molecule has 1 aromatic rings. The van der Waals surface area contributed by atoms with Crippen molar-refractivity contribution >= 4 is 18.3 Å². The summed E-state index contributed by atoms with van der Waals surface area (Å²) in [6, 6.07) is 0.371. The third-order valence-corrected chi connectivity index (χ3v) is 4.79. The average Bonchev–Trinajstić information content (AvgIpc) is 2.89. The van der Waals surface area contributed by atoms with Crippen LogP contribution in [0.15, 0.2) is 0 Å². The Labute approximate surface area is 132 Å². The molecule has 1 aliphatic heterocycles. The topological polar surface area (TPSA) is 61.0 Å². The molecule has 0 spiro atoms. The summed E-state index contributed by atoms with van der Waals surface area (Å²) in [6.07, 6.45) is 5.69. The number of fused-ring (bicyclic) bond motifs is 1. The molecule has 2 aliphatic rings. The molecule has 0 bridgehead atoms. The van der Waals surface area contributed by atoms with Gasteiger partial charge in [-0.25, -0.2) is 0 Å². The Bertz CT molecular complexity index is 502. The van der Waals surface area contributed by atoms with E-state index in [1.165, 1.54) is 12.8 Å². The largest absolute Gasteiger partial charge is 0.337 e. The van der Waals surface area contributed by atoms with Crippen LogP contribution >= 0.6 is 12.4 Å². The average molecular weight is 313 g/mol. The van der Waals surface area contributed by atoms with Crippen molar-refractivity contribution in [2.75, 3.05) is 13.6 Å². The number of carbonyl (C=O) groups excluding carboxylic acids is 1. The molecule has 5 nitrogen and oxygen atoms in total. The molecule has 6 heteroatoms. The number of aromatic nitrogens is 2. The highest BCUT2D eigenvalue weighted by Gasteiger charge is 2.29. The molecule has 0 saturated heterocycles. The second-order valence-electron chi connectivity index (χ2n) is 6.30. The fourth-order valence-corrected chi connectivity index (χ4v) is 3.49. The second-order valence-corrected chi connectivity index (χ2v) is 6.30. The van der Waals surface area contributed by atoms with Crippen molar-refractivity contribution in [3.8, 4) is 0 Å². The Morgan fingerprint density at radius 1 is 1.38 bits per heavy atom. The van der Waals surface area contributed by atoms with E-state index in [1.807, 2.05) is 11.9 Å². The van der Waals surface area contributed by atoms with Crippen molar-refractivity contribution < 1.29 is 4.79 Å². The van der Waals surface area contributed by atoms with E-state index < -0.39 is 0 Å². The fourth-order valence-electron chi connectivity index (χ4n) is 3.49. The number of nitrogens with zero attached hydrogens (tertiary/aromatic N) is 2. The molecular weight excluding hydrogens is 288 g/mol. The van der Waals surface area contributed by atoms with Crippen molar-refractivity contribution in [3.05, 3.63) is 17.0 Å². The summed E-state index contributed by atoms with van der Waals surface area (Å²) >= 11 is 0. The maximum atomic E-state index is 12.7. The number of hydrogen-bond donors (Lipinski definition) is 2. The number of amides is 1. The molecule has 1 fully saturated rings. The zero-order valence-corrected chi connectivity index (χ0v) is 13.6. The van der Waals surface area contributed by atoms with Crippen LogP contribution in [0.1, 0.15) is 54.4 Å². The van der Waals surface area contributed by atoms with Crippen LogP contribution in [0.5, 0.6) is 0 Å². The lowest BCUT2D eigenvalue weighted by Crippen LogP contribution is -2.40. The second kappa shape index (κ2) is 6.79. The highest BCUT2D eigenvalue weighted by molar-refractivity contribution is 5.94. The monoisotopic (exact) mass is 312 g/mol. The number of H-pyrrole nitrogens is 1. The molecule has 2 heterocycles. The van der Waals surface area contributed by atoms with Crippen molar-refractivity contribution in [1.29, 1.82) is 0 Å². The predicted molar refractivity (Wildman–Crippen MR) is 84.8 cm³/mol. The Balaban J connectivity index is 0.00000161. The summed E-state index contributed by atoms with van der Waals surface area (Å²) in [7, 11) is 1.93. The third-order valence-electron chi connectivity index (χ3n) is 4.79. The van der Waals surface area contributed by atoms with Crippen molar-refractivity contribution in [1.82, 2.24) is 20.4 Å². The normalized spacial score (nSPS) is 24.9. The zero-order valence-electron chi connectivity index (χ0n) is 12.8. The maximum absolute atomic E-state index is 12.7. The molecule has 1 aliphatic carbocycles. The van der Waals surface area contributed by atoms with Crippen LogP contribution in [0.2, 0.25) is 0 Å². The molecule has 1 saturated carbocycles. The van der Waals surface area contributed by atoms with E-state index in [0.29, 0.717) is 11.7 Å². The molecule has 1 amide bonds. The van der Waals surface area contributed by atoms with Gasteiger partial charge in [0.25, 0.3) is 5.91 Å². The molecule has 2 N–H and O–H groups in total. The van der Waals surface area contributed by atoms with E-state index in [-0.39, 0.29) is 18.3 Å². The predicted octanol–water partition coefficient (Wildman–Crippen LogP) is 2.13. The third kappa shape index (κ3) is 3.24. The van der Waals surface area contributed by atoms with Gasteiger partial charge in [-0.2, -0.15) is 5.10 Å². The van der Waals surface area contributed by atoms with Crippen LogP contribution in [-0.4, -0.2) is 40.6 Å². The first kappa shape index (κ1) is 16.3. The van der Waals surface area contributed by atoms with Gasteiger partial charge in [0.1, 0.15) is 0 Å². The first-order valence-corrected chi connectivity index (χ1v) is 7.70. The van der Waals surface area contributed by atoms with Crippen LogP contribution in [0, 0.1) is 5.92 Å². The van der Waals surface area contributed by atoms with E-state index in [4.69, 9.17) is 0 Å². The summed E-state index contributed by atoms with van der Waals surface area (Å²) < 4.78 is 0. The molecule has 2 unspecified atom stereocenters. The molecule has 1 aromatic heterocycles. The zero-order chi connectivity index (χ0) is 14.1. The van der Waals surface area contributed by atoms with Crippen LogP contribution in [0.3, 0.4) is 0 Å². The van der Waals surface area contributed by atoms with E-state index >= 15 is 0 Å². The smallest absolute Gasteiger partial charge is 0.274 e. The van der Waals surface area contributed by atoms with E-state index in [2.05, 4.69) is 22.4 Å². The van der Waals surface area contributed by atoms with Crippen LogP contribution in [-0.2, 0) is 13.0 Å². The Hall–Kier alpha value is -1.07. The number of carbonyl (C=O) groups is 1. The lowest BCUT2D eigenvalue weighted by molar-refractivity contribution is 0.0665. The molecular formula is C15H25ClN4O. The Morgan fingerprint density at radius 2 is 2.19 bits per heavy atom. The van der Waals surface area contributed by atoms with Crippen LogP contribution < -0.4 is 5.32 Å². The summed E-state index contributed by atoms with van der Waals surface area (Å²) in [6.45, 7) is 3.99. The molecule has 3 rings (SSSR count). The highest BCUT2D eigenvalue weighted by Crippen LogP contribution is 2.28. The standard InChI is InChI=1S/C15H24N4O.ClH/c1-10-4-3-5-11(8-10)19(2)15(20)14-12-9-16-7-6-13(12)17-18-14;/h10-11,16H,3-9H2,1-2H3,(H,17,18);1H.